The average molecular weight is 218 g/mol. The molecule has 2 nitrogen and oxygen atoms in total. The van der Waals surface area contributed by atoms with Gasteiger partial charge in [0.1, 0.15) is 5.01 Å². The molecule has 78 valence electrons. The summed E-state index contributed by atoms with van der Waals surface area (Å²) in [5.74, 6) is 0. The molecule has 0 unspecified atom stereocenters. The summed E-state index contributed by atoms with van der Waals surface area (Å²) in [4.78, 5) is 5.91. The predicted octanol–water partition coefficient (Wildman–Crippen LogP) is 2.84. The quantitative estimate of drug-likeness (QED) is 0.857. The number of aryl methyl sites for hydroxylation is 1. The molecule has 2 rings (SSSR count). The molecular weight excluding hydrogens is 204 g/mol. The summed E-state index contributed by atoms with van der Waals surface area (Å²) in [5.41, 5.74) is 2.32. The summed E-state index contributed by atoms with van der Waals surface area (Å²) in [6.07, 6.45) is 0. The minimum Gasteiger partial charge on any atom is -0.314 e. The molecule has 0 aliphatic rings. The third kappa shape index (κ3) is 2.25. The van der Waals surface area contributed by atoms with E-state index in [4.69, 9.17) is 0 Å². The second-order valence-electron chi connectivity index (χ2n) is 3.41. The summed E-state index contributed by atoms with van der Waals surface area (Å²) < 4.78 is 0. The maximum Gasteiger partial charge on any atom is 0.107 e. The van der Waals surface area contributed by atoms with Gasteiger partial charge in [0.25, 0.3) is 0 Å². The highest BCUT2D eigenvalue weighted by molar-refractivity contribution is 7.12. The lowest BCUT2D eigenvalue weighted by Crippen LogP contribution is -2.04. The zero-order valence-electron chi connectivity index (χ0n) is 8.95. The van der Waals surface area contributed by atoms with Crippen LogP contribution in [0.5, 0.6) is 0 Å². The standard InChI is InChI=1S/C12H14N2S/c1-9-12(10-6-4-3-5-7-10)14-11(15-9)8-13-2/h3-7,13H,8H2,1-2H3. The maximum atomic E-state index is 4.63. The number of benzene rings is 1. The second kappa shape index (κ2) is 4.55. The topological polar surface area (TPSA) is 24.9 Å². The van der Waals surface area contributed by atoms with Crippen LogP contribution in [0.1, 0.15) is 9.88 Å². The van der Waals surface area contributed by atoms with Gasteiger partial charge in [0, 0.05) is 17.0 Å². The normalized spacial score (nSPS) is 10.5. The molecule has 15 heavy (non-hydrogen) atoms. The summed E-state index contributed by atoms with van der Waals surface area (Å²) >= 11 is 1.76. The van der Waals surface area contributed by atoms with Gasteiger partial charge >= 0.3 is 0 Å². The fraction of sp³-hybridized carbons (Fsp3) is 0.250. The van der Waals surface area contributed by atoms with E-state index in [1.54, 1.807) is 11.3 Å². The molecule has 1 heterocycles. The van der Waals surface area contributed by atoms with Gasteiger partial charge in [0.05, 0.1) is 5.69 Å². The van der Waals surface area contributed by atoms with Gasteiger partial charge in [-0.2, -0.15) is 0 Å². The van der Waals surface area contributed by atoms with Gasteiger partial charge in [-0.25, -0.2) is 4.98 Å². The van der Waals surface area contributed by atoms with Crippen LogP contribution in [0, 0.1) is 6.92 Å². The van der Waals surface area contributed by atoms with Crippen LogP contribution in [-0.4, -0.2) is 12.0 Å². The third-order valence-corrected chi connectivity index (χ3v) is 3.19. The lowest BCUT2D eigenvalue weighted by atomic mass is 10.1. The number of hydrogen-bond donors (Lipinski definition) is 1. The van der Waals surface area contributed by atoms with Gasteiger partial charge in [0.15, 0.2) is 0 Å². The molecule has 0 radical (unpaired) electrons. The van der Waals surface area contributed by atoms with E-state index in [-0.39, 0.29) is 0 Å². The molecule has 1 aromatic carbocycles. The van der Waals surface area contributed by atoms with Crippen LogP contribution in [0.2, 0.25) is 0 Å². The molecule has 0 fully saturated rings. The van der Waals surface area contributed by atoms with Crippen LogP contribution in [0.15, 0.2) is 30.3 Å². The largest absolute Gasteiger partial charge is 0.314 e. The SMILES string of the molecule is CNCc1nc(-c2ccccc2)c(C)s1. The predicted molar refractivity (Wildman–Crippen MR) is 65.1 cm³/mol. The Balaban J connectivity index is 2.36. The van der Waals surface area contributed by atoms with E-state index in [1.807, 2.05) is 25.2 Å². The van der Waals surface area contributed by atoms with E-state index in [9.17, 15) is 0 Å². The fourth-order valence-corrected chi connectivity index (χ4v) is 2.51. The molecule has 0 amide bonds. The van der Waals surface area contributed by atoms with E-state index in [1.165, 1.54) is 10.4 Å². The highest BCUT2D eigenvalue weighted by Gasteiger charge is 2.08. The lowest BCUT2D eigenvalue weighted by Gasteiger charge is -1.96. The third-order valence-electron chi connectivity index (χ3n) is 2.22. The number of nitrogens with one attached hydrogen (secondary N) is 1. The van der Waals surface area contributed by atoms with E-state index in [0.29, 0.717) is 0 Å². The van der Waals surface area contributed by atoms with Crippen molar-refractivity contribution in [1.82, 2.24) is 10.3 Å². The van der Waals surface area contributed by atoms with Gasteiger partial charge in [-0.15, -0.1) is 11.3 Å². The second-order valence-corrected chi connectivity index (χ2v) is 4.70. The monoisotopic (exact) mass is 218 g/mol. The molecule has 1 N–H and O–H groups in total. The number of nitrogens with zero attached hydrogens (tertiary/aromatic N) is 1. The van der Waals surface area contributed by atoms with Crippen LogP contribution in [0.3, 0.4) is 0 Å². The Morgan fingerprint density at radius 1 is 1.27 bits per heavy atom. The van der Waals surface area contributed by atoms with Crippen LogP contribution in [0.25, 0.3) is 11.3 Å². The molecule has 2 aromatic rings. The number of rotatable bonds is 3. The van der Waals surface area contributed by atoms with Crippen molar-refractivity contribution >= 4 is 11.3 Å². The molecule has 0 atom stereocenters. The van der Waals surface area contributed by atoms with Crippen molar-refractivity contribution in [2.24, 2.45) is 0 Å². The van der Waals surface area contributed by atoms with Crippen LogP contribution < -0.4 is 5.32 Å². The molecule has 0 aliphatic heterocycles. The summed E-state index contributed by atoms with van der Waals surface area (Å²) in [5, 5.41) is 4.27. The van der Waals surface area contributed by atoms with Gasteiger partial charge in [-0.1, -0.05) is 30.3 Å². The first-order chi connectivity index (χ1) is 7.31. The first-order valence-electron chi connectivity index (χ1n) is 4.97. The average Bonchev–Trinajstić information content (AvgIpc) is 2.61. The van der Waals surface area contributed by atoms with Crippen LogP contribution in [0.4, 0.5) is 0 Å². The molecule has 1 aromatic heterocycles. The summed E-state index contributed by atoms with van der Waals surface area (Å²) in [6.45, 7) is 2.97. The van der Waals surface area contributed by atoms with Crippen molar-refractivity contribution in [3.63, 3.8) is 0 Å². The summed E-state index contributed by atoms with van der Waals surface area (Å²) in [6, 6.07) is 10.3. The van der Waals surface area contributed by atoms with Crippen molar-refractivity contribution in [2.45, 2.75) is 13.5 Å². The van der Waals surface area contributed by atoms with Crippen molar-refractivity contribution in [3.8, 4) is 11.3 Å². The highest BCUT2D eigenvalue weighted by Crippen LogP contribution is 2.26. The lowest BCUT2D eigenvalue weighted by molar-refractivity contribution is 0.811. The highest BCUT2D eigenvalue weighted by atomic mass is 32.1. The number of hydrogen-bond acceptors (Lipinski definition) is 3. The van der Waals surface area contributed by atoms with Gasteiger partial charge < -0.3 is 5.32 Å². The van der Waals surface area contributed by atoms with E-state index < -0.39 is 0 Å². The first-order valence-corrected chi connectivity index (χ1v) is 5.79. The Bertz CT molecular complexity index is 434. The fourth-order valence-electron chi connectivity index (χ4n) is 1.54. The van der Waals surface area contributed by atoms with Gasteiger partial charge in [-0.3, -0.25) is 0 Å². The van der Waals surface area contributed by atoms with E-state index >= 15 is 0 Å². The van der Waals surface area contributed by atoms with Crippen LogP contribution >= 0.6 is 11.3 Å². The molecule has 0 saturated carbocycles. The van der Waals surface area contributed by atoms with Crippen molar-refractivity contribution in [3.05, 3.63) is 40.2 Å². The Hall–Kier alpha value is -1.19. The zero-order valence-corrected chi connectivity index (χ0v) is 9.77. The molecule has 0 bridgehead atoms. The molecule has 0 spiro atoms. The minimum absolute atomic E-state index is 0.846. The van der Waals surface area contributed by atoms with Crippen molar-refractivity contribution in [1.29, 1.82) is 0 Å². The molecule has 0 aliphatic carbocycles. The van der Waals surface area contributed by atoms with E-state index in [2.05, 4.69) is 29.4 Å². The number of aromatic nitrogens is 1. The van der Waals surface area contributed by atoms with E-state index in [0.717, 1.165) is 17.2 Å². The smallest absolute Gasteiger partial charge is 0.107 e. The van der Waals surface area contributed by atoms with Crippen molar-refractivity contribution < 1.29 is 0 Å². The minimum atomic E-state index is 0.846. The maximum absolute atomic E-state index is 4.63. The van der Waals surface area contributed by atoms with Gasteiger partial charge in [0.2, 0.25) is 0 Å². The molecule has 0 saturated heterocycles. The summed E-state index contributed by atoms with van der Waals surface area (Å²) in [7, 11) is 1.94. The van der Waals surface area contributed by atoms with Crippen LogP contribution in [-0.2, 0) is 6.54 Å². The Morgan fingerprint density at radius 2 is 2.00 bits per heavy atom. The van der Waals surface area contributed by atoms with Crippen molar-refractivity contribution in [2.75, 3.05) is 7.05 Å². The zero-order chi connectivity index (χ0) is 10.7. The van der Waals surface area contributed by atoms with Gasteiger partial charge in [-0.05, 0) is 14.0 Å². The Kier molecular flexibility index (Phi) is 3.14. The molecular formula is C12H14N2S. The molecule has 3 heteroatoms. The Morgan fingerprint density at radius 3 is 2.67 bits per heavy atom. The number of thiazole rings is 1. The Labute approximate surface area is 94.0 Å². The first kappa shape index (κ1) is 10.3.